The van der Waals surface area contributed by atoms with E-state index in [0.29, 0.717) is 26.4 Å². The van der Waals surface area contributed by atoms with Gasteiger partial charge in [-0.3, -0.25) is 0 Å². The third-order valence-corrected chi connectivity index (χ3v) is 7.54. The fourth-order valence-corrected chi connectivity index (χ4v) is 4.55. The summed E-state index contributed by atoms with van der Waals surface area (Å²) in [6.07, 6.45) is -1.80. The first kappa shape index (κ1) is 27.7. The van der Waals surface area contributed by atoms with Crippen molar-refractivity contribution in [3.05, 3.63) is 84.4 Å². The van der Waals surface area contributed by atoms with Crippen molar-refractivity contribution < 1.29 is 28.8 Å². The molecule has 5 atom stereocenters. The van der Waals surface area contributed by atoms with Crippen LogP contribution in [-0.4, -0.2) is 63.7 Å². The molecule has 0 aliphatic carbocycles. The van der Waals surface area contributed by atoms with Crippen molar-refractivity contribution in [1.29, 1.82) is 0 Å². The summed E-state index contributed by atoms with van der Waals surface area (Å²) in [6.45, 7) is 12.5. The van der Waals surface area contributed by atoms with Crippen LogP contribution >= 0.6 is 0 Å². The number of ether oxygens (including phenoxy) is 5. The van der Waals surface area contributed by atoms with Crippen LogP contribution in [0.25, 0.3) is 0 Å². The van der Waals surface area contributed by atoms with Crippen molar-refractivity contribution >= 4 is 8.07 Å². The number of hydrogen-bond acceptors (Lipinski definition) is 6. The first-order valence-corrected chi connectivity index (χ1v) is 16.0. The number of aliphatic hydroxyl groups excluding tert-OH is 1. The van der Waals surface area contributed by atoms with Crippen LogP contribution < -0.4 is 0 Å². The molecule has 6 nitrogen and oxygen atoms in total. The number of rotatable bonds is 14. The lowest BCUT2D eigenvalue weighted by Gasteiger charge is -2.44. The second-order valence-corrected chi connectivity index (χ2v) is 15.7. The van der Waals surface area contributed by atoms with Gasteiger partial charge >= 0.3 is 0 Å². The molecule has 0 unspecified atom stereocenters. The molecule has 192 valence electrons. The fourth-order valence-electron chi connectivity index (χ4n) is 3.82. The maximum atomic E-state index is 11.3. The van der Waals surface area contributed by atoms with Gasteiger partial charge in [0.2, 0.25) is 0 Å². The average molecular weight is 501 g/mol. The predicted molar refractivity (Wildman–Crippen MR) is 140 cm³/mol. The highest BCUT2D eigenvalue weighted by Gasteiger charge is 2.47. The van der Waals surface area contributed by atoms with Crippen LogP contribution in [0, 0.1) is 0 Å². The number of hydrogen-bond donors (Lipinski definition) is 1. The number of aliphatic hydroxyl groups is 1. The second-order valence-electron chi connectivity index (χ2n) is 10.1. The summed E-state index contributed by atoms with van der Waals surface area (Å²) in [5, 5.41) is 11.3. The van der Waals surface area contributed by atoms with Gasteiger partial charge in [-0.25, -0.2) is 0 Å². The molecule has 1 N–H and O–H groups in total. The third-order valence-electron chi connectivity index (χ3n) is 5.84. The van der Waals surface area contributed by atoms with Crippen molar-refractivity contribution in [3.63, 3.8) is 0 Å². The van der Waals surface area contributed by atoms with Gasteiger partial charge in [-0.2, -0.15) is 0 Å². The highest BCUT2D eigenvalue weighted by molar-refractivity contribution is 6.76. The van der Waals surface area contributed by atoms with Crippen molar-refractivity contribution in [1.82, 2.24) is 0 Å². The van der Waals surface area contributed by atoms with Crippen LogP contribution in [0.3, 0.4) is 0 Å². The lowest BCUT2D eigenvalue weighted by Crippen LogP contribution is -2.61. The van der Waals surface area contributed by atoms with Gasteiger partial charge in [0.05, 0.1) is 26.4 Å². The summed E-state index contributed by atoms with van der Waals surface area (Å²) in [4.78, 5) is 0. The van der Waals surface area contributed by atoms with Crippen LogP contribution in [0.4, 0.5) is 0 Å². The van der Waals surface area contributed by atoms with Gasteiger partial charge < -0.3 is 28.8 Å². The van der Waals surface area contributed by atoms with Gasteiger partial charge in [0.15, 0.2) is 6.29 Å². The van der Waals surface area contributed by atoms with E-state index in [0.717, 1.165) is 17.2 Å². The smallest absolute Gasteiger partial charge is 0.186 e. The molecule has 35 heavy (non-hydrogen) atoms. The van der Waals surface area contributed by atoms with Crippen LogP contribution in [0.5, 0.6) is 0 Å². The summed E-state index contributed by atoms with van der Waals surface area (Å²) in [7, 11) is -1.30. The normalized spacial score (nSPS) is 24.9. The highest BCUT2D eigenvalue weighted by atomic mass is 28.3. The first-order valence-electron chi connectivity index (χ1n) is 12.3. The van der Waals surface area contributed by atoms with Gasteiger partial charge in [0, 0.05) is 14.7 Å². The topological polar surface area (TPSA) is 66.4 Å². The summed E-state index contributed by atoms with van der Waals surface area (Å²) < 4.78 is 30.6. The average Bonchev–Trinajstić information content (AvgIpc) is 2.84. The lowest BCUT2D eigenvalue weighted by molar-refractivity contribution is -0.317. The molecule has 1 heterocycles. The van der Waals surface area contributed by atoms with Crippen molar-refractivity contribution in [2.75, 3.05) is 19.8 Å². The van der Waals surface area contributed by atoms with Gasteiger partial charge in [0.1, 0.15) is 24.4 Å². The maximum absolute atomic E-state index is 11.3. The molecule has 7 heteroatoms. The van der Waals surface area contributed by atoms with E-state index in [1.54, 1.807) is 6.08 Å². The SMILES string of the molecule is C=CCO[C@H]1[C@H](OCC[Si](C)(C)C)O[C@H](COCc2ccccc2)[C@H](O)[C@@H]1OCc1ccccc1. The summed E-state index contributed by atoms with van der Waals surface area (Å²) >= 11 is 0. The molecule has 2 aromatic rings. The maximum Gasteiger partial charge on any atom is 0.186 e. The van der Waals surface area contributed by atoms with E-state index in [1.165, 1.54) is 0 Å². The van der Waals surface area contributed by atoms with Crippen LogP contribution in [0.2, 0.25) is 25.7 Å². The molecule has 1 aliphatic rings. The van der Waals surface area contributed by atoms with E-state index in [-0.39, 0.29) is 6.61 Å². The molecule has 0 spiro atoms. The van der Waals surface area contributed by atoms with Gasteiger partial charge in [-0.15, -0.1) is 6.58 Å². The predicted octanol–water partition coefficient (Wildman–Crippen LogP) is 4.80. The minimum Gasteiger partial charge on any atom is -0.387 e. The van der Waals surface area contributed by atoms with E-state index < -0.39 is 38.8 Å². The van der Waals surface area contributed by atoms with Crippen molar-refractivity contribution in [3.8, 4) is 0 Å². The van der Waals surface area contributed by atoms with Crippen LogP contribution in [0.1, 0.15) is 11.1 Å². The number of benzene rings is 2. The molecule has 0 amide bonds. The Morgan fingerprint density at radius 2 is 1.51 bits per heavy atom. The standard InChI is InChI=1S/C28H40O6Si/c1-5-16-31-27-26(33-20-23-14-10-7-11-15-23)25(29)24(21-30-19-22-12-8-6-9-13-22)34-28(27)32-17-18-35(2,3)4/h5-15,24-29H,1,16-21H2,2-4H3/t24-,25+,26+,27-,28-/m1/s1. The van der Waals surface area contributed by atoms with Gasteiger partial charge in [-0.1, -0.05) is 86.4 Å². The zero-order valence-corrected chi connectivity index (χ0v) is 22.2. The first-order chi connectivity index (χ1) is 16.9. The van der Waals surface area contributed by atoms with E-state index in [4.69, 9.17) is 23.7 Å². The van der Waals surface area contributed by atoms with Crippen LogP contribution in [0.15, 0.2) is 73.3 Å². The molecule has 0 saturated carbocycles. The Kier molecular flexibility index (Phi) is 11.1. The van der Waals surface area contributed by atoms with Gasteiger partial charge in [0.25, 0.3) is 0 Å². The summed E-state index contributed by atoms with van der Waals surface area (Å²) in [5.41, 5.74) is 2.08. The molecular weight excluding hydrogens is 460 g/mol. The molecule has 2 aromatic carbocycles. The Balaban J connectivity index is 1.72. The molecule has 3 rings (SSSR count). The minimum absolute atomic E-state index is 0.212. The molecule has 1 aliphatic heterocycles. The Morgan fingerprint density at radius 1 is 0.886 bits per heavy atom. The van der Waals surface area contributed by atoms with Crippen molar-refractivity contribution in [2.24, 2.45) is 0 Å². The van der Waals surface area contributed by atoms with E-state index in [2.05, 4.69) is 26.2 Å². The van der Waals surface area contributed by atoms with Crippen molar-refractivity contribution in [2.45, 2.75) is 69.6 Å². The highest BCUT2D eigenvalue weighted by Crippen LogP contribution is 2.29. The lowest BCUT2D eigenvalue weighted by atomic mass is 9.98. The molecule has 0 bridgehead atoms. The molecular formula is C28H40O6Si. The summed E-state index contributed by atoms with van der Waals surface area (Å²) in [6, 6.07) is 20.8. The van der Waals surface area contributed by atoms with Gasteiger partial charge in [-0.05, 0) is 17.2 Å². The Morgan fingerprint density at radius 3 is 2.11 bits per heavy atom. The fraction of sp³-hybridized carbons (Fsp3) is 0.500. The summed E-state index contributed by atoms with van der Waals surface area (Å²) in [5.74, 6) is 0. The Bertz CT molecular complexity index is 857. The zero-order chi connectivity index (χ0) is 25.1. The van der Waals surface area contributed by atoms with Crippen LogP contribution in [-0.2, 0) is 36.9 Å². The van der Waals surface area contributed by atoms with E-state index in [1.807, 2.05) is 60.7 Å². The zero-order valence-electron chi connectivity index (χ0n) is 21.2. The molecule has 1 saturated heterocycles. The Hall–Kier alpha value is -1.84. The molecule has 0 radical (unpaired) electrons. The third kappa shape index (κ3) is 9.27. The molecule has 0 aromatic heterocycles. The minimum atomic E-state index is -1.30. The quantitative estimate of drug-likeness (QED) is 0.297. The molecule has 1 fully saturated rings. The van der Waals surface area contributed by atoms with E-state index in [9.17, 15) is 5.11 Å². The Labute approximate surface area is 210 Å². The monoisotopic (exact) mass is 500 g/mol. The second kappa shape index (κ2) is 14.0. The van der Waals surface area contributed by atoms with E-state index >= 15 is 0 Å². The largest absolute Gasteiger partial charge is 0.387 e.